The van der Waals surface area contributed by atoms with Gasteiger partial charge in [0.15, 0.2) is 0 Å². The average molecular weight is 258 g/mol. The van der Waals surface area contributed by atoms with E-state index < -0.39 is 0 Å². The van der Waals surface area contributed by atoms with Gasteiger partial charge in [-0.15, -0.1) is 0 Å². The Bertz CT molecular complexity index is 175. The van der Waals surface area contributed by atoms with E-state index in [1.54, 1.807) is 0 Å². The third-order valence-corrected chi connectivity index (χ3v) is 4.01. The highest BCUT2D eigenvalue weighted by Gasteiger charge is 2.16. The molecule has 0 fully saturated rings. The van der Waals surface area contributed by atoms with Crippen LogP contribution in [0.3, 0.4) is 0 Å². The number of hydrogen-bond acceptors (Lipinski definition) is 0. The summed E-state index contributed by atoms with van der Waals surface area (Å²) in [6.45, 7) is 9.93. The van der Waals surface area contributed by atoms with E-state index in [0.717, 1.165) is 0 Å². The first-order valence-corrected chi connectivity index (χ1v) is 7.97. The van der Waals surface area contributed by atoms with Crippen LogP contribution in [-0.4, -0.2) is 63.3 Å². The molecule has 2 nitrogen and oxygen atoms in total. The lowest BCUT2D eigenvalue weighted by molar-refractivity contribution is -0.897. The van der Waals surface area contributed by atoms with Crippen molar-refractivity contribution in [2.75, 3.05) is 54.4 Å². The highest BCUT2D eigenvalue weighted by atomic mass is 15.3. The van der Waals surface area contributed by atoms with E-state index in [1.807, 2.05) is 0 Å². The van der Waals surface area contributed by atoms with Crippen molar-refractivity contribution in [3.63, 3.8) is 0 Å². The molecule has 0 atom stereocenters. The molecule has 0 saturated heterocycles. The van der Waals surface area contributed by atoms with Crippen LogP contribution in [-0.2, 0) is 0 Å². The fourth-order valence-corrected chi connectivity index (χ4v) is 2.48. The highest BCUT2D eigenvalue weighted by Crippen LogP contribution is 2.08. The van der Waals surface area contributed by atoms with Gasteiger partial charge in [-0.3, -0.25) is 0 Å². The van der Waals surface area contributed by atoms with E-state index in [2.05, 4.69) is 42.0 Å². The fraction of sp³-hybridized carbons (Fsp3) is 1.00. The maximum absolute atomic E-state index is 2.38. The van der Waals surface area contributed by atoms with E-state index in [4.69, 9.17) is 0 Å². The lowest BCUT2D eigenvalue weighted by atomic mass is 10.2. The van der Waals surface area contributed by atoms with Crippen LogP contribution in [0.25, 0.3) is 0 Å². The van der Waals surface area contributed by atoms with Crippen LogP contribution in [0, 0.1) is 0 Å². The molecule has 0 aliphatic rings. The smallest absolute Gasteiger partial charge is 0.0784 e. The summed E-state index contributed by atoms with van der Waals surface area (Å²) >= 11 is 0. The molecule has 0 amide bonds. The molecule has 0 aliphatic carbocycles. The molecule has 110 valence electrons. The Kier molecular flexibility index (Phi) is 8.89. The molecule has 0 aromatic heterocycles. The lowest BCUT2D eigenvalue weighted by Crippen LogP contribution is -2.43. The van der Waals surface area contributed by atoms with Gasteiger partial charge in [0.1, 0.15) is 0 Å². The summed E-state index contributed by atoms with van der Waals surface area (Å²) in [4.78, 5) is 0. The summed E-state index contributed by atoms with van der Waals surface area (Å²) in [5.74, 6) is 0. The molecule has 0 unspecified atom stereocenters. The first kappa shape index (κ1) is 17.9. The van der Waals surface area contributed by atoms with Gasteiger partial charge in [-0.25, -0.2) is 0 Å². The van der Waals surface area contributed by atoms with Crippen LogP contribution in [0.4, 0.5) is 0 Å². The van der Waals surface area contributed by atoms with Crippen LogP contribution in [0.2, 0.25) is 0 Å². The van der Waals surface area contributed by atoms with E-state index in [0.29, 0.717) is 0 Å². The summed E-state index contributed by atoms with van der Waals surface area (Å²) in [6, 6.07) is 0. The molecule has 0 aliphatic heterocycles. The van der Waals surface area contributed by atoms with Crippen LogP contribution >= 0.6 is 0 Å². The Hall–Kier alpha value is -0.0800. The van der Waals surface area contributed by atoms with Gasteiger partial charge < -0.3 is 8.97 Å². The Balaban J connectivity index is 3.71. The molecular weight excluding hydrogens is 220 g/mol. The van der Waals surface area contributed by atoms with Gasteiger partial charge in [0.2, 0.25) is 0 Å². The first-order chi connectivity index (χ1) is 8.33. The van der Waals surface area contributed by atoms with Crippen molar-refractivity contribution < 1.29 is 8.97 Å². The van der Waals surface area contributed by atoms with E-state index in [9.17, 15) is 0 Å². The zero-order chi connectivity index (χ0) is 14.1. The minimum absolute atomic E-state index is 1.20. The predicted molar refractivity (Wildman–Crippen MR) is 82.7 cm³/mol. The zero-order valence-corrected chi connectivity index (χ0v) is 14.0. The van der Waals surface area contributed by atoms with Gasteiger partial charge in [-0.2, -0.15) is 0 Å². The summed E-state index contributed by atoms with van der Waals surface area (Å²) in [7, 11) is 9.53. The number of quaternary nitrogens is 2. The van der Waals surface area contributed by atoms with E-state index in [-0.39, 0.29) is 0 Å². The second kappa shape index (κ2) is 8.92. The summed E-state index contributed by atoms with van der Waals surface area (Å²) in [5, 5.41) is 0. The largest absolute Gasteiger partial charge is 0.328 e. The summed E-state index contributed by atoms with van der Waals surface area (Å²) in [5.41, 5.74) is 0. The van der Waals surface area contributed by atoms with Gasteiger partial charge in [-0.05, 0) is 12.8 Å². The van der Waals surface area contributed by atoms with Gasteiger partial charge >= 0.3 is 0 Å². The normalized spacial score (nSPS) is 13.0. The maximum Gasteiger partial charge on any atom is 0.0784 e. The predicted octanol–water partition coefficient (Wildman–Crippen LogP) is 3.52. The molecule has 0 spiro atoms. The standard InChI is InChI=1S/C16H38N2/c1-7-9-13-17(3,4)15-11-12-16-18(5,6)14-10-8-2/h7-16H2,1-6H3/q+2. The molecule has 0 heterocycles. The number of unbranched alkanes of at least 4 members (excludes halogenated alkanes) is 3. The SMILES string of the molecule is CCCC[N+](C)(C)CCCC[N+](C)(C)CCCC. The summed E-state index contributed by atoms with van der Waals surface area (Å²) < 4.78 is 2.41. The Morgan fingerprint density at radius 1 is 0.500 bits per heavy atom. The molecule has 0 saturated carbocycles. The minimum Gasteiger partial charge on any atom is -0.328 e. The molecule has 0 aromatic rings. The van der Waals surface area contributed by atoms with Crippen molar-refractivity contribution in [1.82, 2.24) is 0 Å². The molecule has 18 heavy (non-hydrogen) atoms. The Morgan fingerprint density at radius 2 is 0.778 bits per heavy atom. The van der Waals surface area contributed by atoms with Crippen molar-refractivity contribution in [3.8, 4) is 0 Å². The summed E-state index contributed by atoms with van der Waals surface area (Å²) in [6.07, 6.45) is 8.14. The molecule has 0 aromatic carbocycles. The van der Waals surface area contributed by atoms with E-state index in [1.165, 1.54) is 73.7 Å². The average Bonchev–Trinajstić information content (AvgIpc) is 2.30. The van der Waals surface area contributed by atoms with Crippen molar-refractivity contribution in [2.24, 2.45) is 0 Å². The molecule has 0 N–H and O–H groups in total. The molecule has 2 heteroatoms. The first-order valence-electron chi connectivity index (χ1n) is 7.97. The van der Waals surface area contributed by atoms with Gasteiger partial charge in [-0.1, -0.05) is 26.7 Å². The zero-order valence-electron chi connectivity index (χ0n) is 14.0. The van der Waals surface area contributed by atoms with Crippen LogP contribution < -0.4 is 0 Å². The number of rotatable bonds is 11. The van der Waals surface area contributed by atoms with Crippen molar-refractivity contribution >= 4 is 0 Å². The third-order valence-electron chi connectivity index (χ3n) is 4.01. The van der Waals surface area contributed by atoms with E-state index >= 15 is 0 Å². The maximum atomic E-state index is 2.38. The third kappa shape index (κ3) is 9.90. The Labute approximate surface area is 116 Å². The quantitative estimate of drug-likeness (QED) is 0.393. The number of nitrogens with zero attached hydrogens (tertiary/aromatic N) is 2. The molecule has 0 radical (unpaired) electrons. The van der Waals surface area contributed by atoms with Crippen LogP contribution in [0.15, 0.2) is 0 Å². The second-order valence-corrected chi connectivity index (χ2v) is 7.18. The van der Waals surface area contributed by atoms with Crippen molar-refractivity contribution in [2.45, 2.75) is 52.4 Å². The second-order valence-electron chi connectivity index (χ2n) is 7.18. The lowest BCUT2D eigenvalue weighted by Gasteiger charge is -2.32. The monoisotopic (exact) mass is 258 g/mol. The molecule has 0 rings (SSSR count). The Morgan fingerprint density at radius 3 is 1.06 bits per heavy atom. The molecular formula is C16H38N2+2. The minimum atomic E-state index is 1.20. The van der Waals surface area contributed by atoms with Gasteiger partial charge in [0, 0.05) is 12.8 Å². The molecule has 0 bridgehead atoms. The van der Waals surface area contributed by atoms with Crippen LogP contribution in [0.5, 0.6) is 0 Å². The van der Waals surface area contributed by atoms with Crippen LogP contribution in [0.1, 0.15) is 52.4 Å². The fourth-order valence-electron chi connectivity index (χ4n) is 2.48. The van der Waals surface area contributed by atoms with Crippen molar-refractivity contribution in [3.05, 3.63) is 0 Å². The van der Waals surface area contributed by atoms with Gasteiger partial charge in [0.05, 0.1) is 54.4 Å². The highest BCUT2D eigenvalue weighted by molar-refractivity contribution is 4.43. The van der Waals surface area contributed by atoms with Crippen molar-refractivity contribution in [1.29, 1.82) is 0 Å². The topological polar surface area (TPSA) is 0 Å². The number of hydrogen-bond donors (Lipinski definition) is 0. The van der Waals surface area contributed by atoms with Gasteiger partial charge in [0.25, 0.3) is 0 Å².